The van der Waals surface area contributed by atoms with Crippen molar-refractivity contribution in [1.82, 2.24) is 4.90 Å². The van der Waals surface area contributed by atoms with Crippen molar-refractivity contribution < 1.29 is 28.9 Å². The van der Waals surface area contributed by atoms with Crippen LogP contribution in [0.25, 0.3) is 5.76 Å². The highest BCUT2D eigenvalue weighted by Crippen LogP contribution is 2.39. The van der Waals surface area contributed by atoms with Crippen LogP contribution in [-0.4, -0.2) is 55.7 Å². The van der Waals surface area contributed by atoms with Gasteiger partial charge in [0.25, 0.3) is 11.7 Å². The highest BCUT2D eigenvalue weighted by atomic mass is 16.5. The molecule has 1 atom stereocenters. The monoisotopic (exact) mass is 439 g/mol. The van der Waals surface area contributed by atoms with Crippen molar-refractivity contribution in [3.63, 3.8) is 0 Å². The van der Waals surface area contributed by atoms with E-state index in [2.05, 4.69) is 13.8 Å². The Kier molecular flexibility index (Phi) is 7.53. The Morgan fingerprint density at radius 2 is 1.62 bits per heavy atom. The second kappa shape index (κ2) is 10.3. The van der Waals surface area contributed by atoms with Crippen molar-refractivity contribution in [1.29, 1.82) is 0 Å². The quantitative estimate of drug-likeness (QED) is 0.363. The number of likely N-dealkylation sites (tertiary alicyclic amines) is 1. The summed E-state index contributed by atoms with van der Waals surface area (Å²) in [6.45, 7) is 5.20. The van der Waals surface area contributed by atoms with Crippen molar-refractivity contribution in [3.8, 4) is 11.5 Å². The first-order valence-electron chi connectivity index (χ1n) is 10.5. The van der Waals surface area contributed by atoms with Crippen LogP contribution in [0.5, 0.6) is 11.5 Å². The van der Waals surface area contributed by atoms with Crippen LogP contribution in [0, 0.1) is 5.92 Å². The molecular weight excluding hydrogens is 410 g/mol. The van der Waals surface area contributed by atoms with E-state index in [4.69, 9.17) is 14.2 Å². The van der Waals surface area contributed by atoms with Crippen molar-refractivity contribution >= 4 is 17.4 Å². The zero-order valence-corrected chi connectivity index (χ0v) is 18.8. The van der Waals surface area contributed by atoms with E-state index in [9.17, 15) is 14.7 Å². The Labute approximate surface area is 188 Å². The number of aliphatic hydroxyl groups is 1. The fraction of sp³-hybridized carbons (Fsp3) is 0.360. The van der Waals surface area contributed by atoms with E-state index in [1.807, 2.05) is 24.3 Å². The molecule has 0 saturated carbocycles. The maximum atomic E-state index is 12.9. The Hall–Kier alpha value is -3.32. The summed E-state index contributed by atoms with van der Waals surface area (Å²) < 4.78 is 16.0. The number of amides is 1. The molecule has 3 rings (SSSR count). The van der Waals surface area contributed by atoms with E-state index in [0.29, 0.717) is 35.2 Å². The second-order valence-corrected chi connectivity index (χ2v) is 7.99. The number of Topliss-reactive ketones (excluding diaryl/α,β-unsaturated/α-hetero) is 1. The molecule has 1 aliphatic rings. The lowest BCUT2D eigenvalue weighted by Gasteiger charge is -2.25. The van der Waals surface area contributed by atoms with Gasteiger partial charge in [-0.25, -0.2) is 0 Å². The first-order chi connectivity index (χ1) is 15.4. The van der Waals surface area contributed by atoms with Gasteiger partial charge in [0.2, 0.25) is 0 Å². The maximum absolute atomic E-state index is 12.9. The van der Waals surface area contributed by atoms with Gasteiger partial charge in [-0.15, -0.1) is 0 Å². The van der Waals surface area contributed by atoms with Gasteiger partial charge in [-0.1, -0.05) is 26.0 Å². The molecule has 2 aromatic carbocycles. The topological polar surface area (TPSA) is 85.3 Å². The number of rotatable bonds is 9. The van der Waals surface area contributed by atoms with Crippen molar-refractivity contribution in [3.05, 3.63) is 65.2 Å². The number of nitrogens with zero attached hydrogens (tertiary/aromatic N) is 1. The number of benzene rings is 2. The zero-order valence-electron chi connectivity index (χ0n) is 18.8. The number of methoxy groups -OCH3 is 2. The van der Waals surface area contributed by atoms with Crippen LogP contribution in [-0.2, 0) is 14.3 Å². The third-order valence-corrected chi connectivity index (χ3v) is 5.22. The summed E-state index contributed by atoms with van der Waals surface area (Å²) in [6, 6.07) is 13.2. The first-order valence-corrected chi connectivity index (χ1v) is 10.5. The van der Waals surface area contributed by atoms with Gasteiger partial charge in [0.15, 0.2) is 0 Å². The minimum Gasteiger partial charge on any atom is -0.507 e. The van der Waals surface area contributed by atoms with E-state index in [-0.39, 0.29) is 24.5 Å². The number of carbonyl (C=O) groups is 2. The molecule has 0 radical (unpaired) electrons. The lowest BCUT2D eigenvalue weighted by Crippen LogP contribution is -2.32. The van der Waals surface area contributed by atoms with Crippen LogP contribution in [0.2, 0.25) is 0 Å². The zero-order chi connectivity index (χ0) is 23.3. The van der Waals surface area contributed by atoms with E-state index in [1.54, 1.807) is 31.4 Å². The summed E-state index contributed by atoms with van der Waals surface area (Å²) >= 11 is 0. The van der Waals surface area contributed by atoms with Crippen LogP contribution in [0.3, 0.4) is 0 Å². The molecule has 170 valence electrons. The molecule has 1 saturated heterocycles. The van der Waals surface area contributed by atoms with E-state index < -0.39 is 17.7 Å². The van der Waals surface area contributed by atoms with Crippen LogP contribution in [0.1, 0.15) is 31.0 Å². The van der Waals surface area contributed by atoms with Crippen LogP contribution in [0.4, 0.5) is 0 Å². The normalized spacial score (nSPS) is 17.8. The third kappa shape index (κ3) is 4.94. The van der Waals surface area contributed by atoms with Crippen LogP contribution >= 0.6 is 0 Å². The summed E-state index contributed by atoms with van der Waals surface area (Å²) in [5.41, 5.74) is 1.18. The standard InChI is InChI=1S/C25H29NO6/c1-16(2)15-32-20-11-5-17(6-12-20)22-21(24(28)25(29)26(22)13-14-30-3)23(27)18-7-9-19(31-4)10-8-18/h5-12,16,22,27H,13-15H2,1-4H3/b23-21-. The first kappa shape index (κ1) is 23.3. The second-order valence-electron chi connectivity index (χ2n) is 7.99. The van der Waals surface area contributed by atoms with Gasteiger partial charge >= 0.3 is 0 Å². The molecule has 0 spiro atoms. The molecule has 0 bridgehead atoms. The summed E-state index contributed by atoms with van der Waals surface area (Å²) in [5.74, 6) is 0.0974. The Morgan fingerprint density at radius 3 is 2.19 bits per heavy atom. The highest BCUT2D eigenvalue weighted by molar-refractivity contribution is 6.46. The fourth-order valence-corrected chi connectivity index (χ4v) is 3.56. The summed E-state index contributed by atoms with van der Waals surface area (Å²) in [7, 11) is 3.08. The Morgan fingerprint density at radius 1 is 1.00 bits per heavy atom. The van der Waals surface area contributed by atoms with Crippen molar-refractivity contribution in [2.45, 2.75) is 19.9 Å². The molecule has 7 heteroatoms. The summed E-state index contributed by atoms with van der Waals surface area (Å²) in [5, 5.41) is 11.0. The maximum Gasteiger partial charge on any atom is 0.295 e. The number of hydrogen-bond acceptors (Lipinski definition) is 6. The van der Waals surface area contributed by atoms with Crippen LogP contribution in [0.15, 0.2) is 54.1 Å². The molecule has 32 heavy (non-hydrogen) atoms. The smallest absolute Gasteiger partial charge is 0.295 e. The molecule has 1 fully saturated rings. The van der Waals surface area contributed by atoms with E-state index in [1.165, 1.54) is 12.0 Å². The van der Waals surface area contributed by atoms with Crippen molar-refractivity contribution in [2.24, 2.45) is 5.92 Å². The number of aliphatic hydroxyl groups excluding tert-OH is 1. The lowest BCUT2D eigenvalue weighted by atomic mass is 9.95. The molecule has 0 aliphatic carbocycles. The summed E-state index contributed by atoms with van der Waals surface area (Å²) in [4.78, 5) is 27.2. The van der Waals surface area contributed by atoms with Gasteiger partial charge in [-0.2, -0.15) is 0 Å². The number of ether oxygens (including phenoxy) is 3. The Balaban J connectivity index is 2.03. The Bertz CT molecular complexity index is 978. The van der Waals surface area contributed by atoms with Gasteiger partial charge in [0.1, 0.15) is 17.3 Å². The lowest BCUT2D eigenvalue weighted by molar-refractivity contribution is -0.140. The average molecular weight is 440 g/mol. The predicted molar refractivity (Wildman–Crippen MR) is 121 cm³/mol. The molecule has 1 unspecified atom stereocenters. The minimum atomic E-state index is -0.730. The molecule has 1 aliphatic heterocycles. The third-order valence-electron chi connectivity index (χ3n) is 5.22. The number of hydrogen-bond donors (Lipinski definition) is 1. The number of ketones is 1. The van der Waals surface area contributed by atoms with Gasteiger partial charge < -0.3 is 24.2 Å². The van der Waals surface area contributed by atoms with Gasteiger partial charge in [0, 0.05) is 19.2 Å². The van der Waals surface area contributed by atoms with E-state index >= 15 is 0 Å². The molecule has 1 amide bonds. The van der Waals surface area contributed by atoms with Gasteiger partial charge in [0.05, 0.1) is 31.9 Å². The van der Waals surface area contributed by atoms with Gasteiger partial charge in [-0.05, 0) is 47.9 Å². The molecule has 2 aromatic rings. The minimum absolute atomic E-state index is 0.0483. The average Bonchev–Trinajstić information content (AvgIpc) is 3.06. The van der Waals surface area contributed by atoms with E-state index in [0.717, 1.165) is 0 Å². The molecule has 0 aromatic heterocycles. The van der Waals surface area contributed by atoms with Crippen LogP contribution < -0.4 is 9.47 Å². The summed E-state index contributed by atoms with van der Waals surface area (Å²) in [6.07, 6.45) is 0. The predicted octanol–water partition coefficient (Wildman–Crippen LogP) is 3.80. The highest BCUT2D eigenvalue weighted by Gasteiger charge is 2.45. The van der Waals surface area contributed by atoms with Gasteiger partial charge in [-0.3, -0.25) is 9.59 Å². The molecule has 7 nitrogen and oxygen atoms in total. The van der Waals surface area contributed by atoms with Crippen molar-refractivity contribution in [2.75, 3.05) is 34.0 Å². The molecular formula is C25H29NO6. The SMILES string of the molecule is COCCN1C(=O)C(=O)/C(=C(\O)c2ccc(OC)cc2)C1c1ccc(OCC(C)C)cc1. The molecule has 1 N–H and O–H groups in total. The number of carbonyl (C=O) groups excluding carboxylic acids is 2. The fourth-order valence-electron chi connectivity index (χ4n) is 3.56. The largest absolute Gasteiger partial charge is 0.507 e. The molecule has 1 heterocycles.